The topological polar surface area (TPSA) is 68.5 Å². The zero-order chi connectivity index (χ0) is 14.8. The normalized spacial score (nSPS) is 14.9. The van der Waals surface area contributed by atoms with Gasteiger partial charge >= 0.3 is 0 Å². The molecule has 1 fully saturated rings. The van der Waals surface area contributed by atoms with Crippen LogP contribution in [0.25, 0.3) is 0 Å². The van der Waals surface area contributed by atoms with Crippen molar-refractivity contribution in [2.45, 2.75) is 62.4 Å². The Morgan fingerprint density at radius 2 is 2.24 bits per heavy atom. The molecule has 1 aliphatic carbocycles. The third kappa shape index (κ3) is 3.59. The average molecular weight is 304 g/mol. The molecule has 7 heteroatoms. The highest BCUT2D eigenvalue weighted by Gasteiger charge is 2.28. The molecule has 0 aliphatic heterocycles. The third-order valence-electron chi connectivity index (χ3n) is 3.34. The molecule has 21 heavy (non-hydrogen) atoms. The first-order valence-corrected chi connectivity index (χ1v) is 8.09. The Morgan fingerprint density at radius 1 is 1.43 bits per heavy atom. The predicted octanol–water partition coefficient (Wildman–Crippen LogP) is 2.36. The average Bonchev–Trinajstić information content (AvgIpc) is 3.19. The van der Waals surface area contributed by atoms with Crippen LogP contribution in [0.15, 0.2) is 22.4 Å². The van der Waals surface area contributed by atoms with E-state index in [0.717, 1.165) is 22.3 Å². The van der Waals surface area contributed by atoms with Crippen LogP contribution in [0.2, 0.25) is 0 Å². The summed E-state index contributed by atoms with van der Waals surface area (Å²) < 4.78 is 1.92. The SMILES string of the molecule is Cc1cc(CNC(C)C)cnc1Sc1nnnn1C1CC1. The number of hydrogen-bond acceptors (Lipinski definition) is 6. The minimum absolute atomic E-state index is 0.475. The van der Waals surface area contributed by atoms with Gasteiger partial charge in [0.25, 0.3) is 0 Å². The van der Waals surface area contributed by atoms with Gasteiger partial charge in [0.1, 0.15) is 5.03 Å². The van der Waals surface area contributed by atoms with Crippen molar-refractivity contribution in [1.82, 2.24) is 30.5 Å². The first-order chi connectivity index (χ1) is 10.1. The van der Waals surface area contributed by atoms with Crippen LogP contribution in [0.4, 0.5) is 0 Å². The fourth-order valence-corrected chi connectivity index (χ4v) is 2.89. The summed E-state index contributed by atoms with van der Waals surface area (Å²) in [6.07, 6.45) is 4.27. The van der Waals surface area contributed by atoms with Crippen LogP contribution >= 0.6 is 11.8 Å². The molecule has 0 aromatic carbocycles. The molecule has 0 atom stereocenters. The molecular formula is C14H20N6S. The summed E-state index contributed by atoms with van der Waals surface area (Å²) in [5.41, 5.74) is 2.36. The smallest absolute Gasteiger partial charge is 0.215 e. The van der Waals surface area contributed by atoms with Gasteiger partial charge in [-0.2, -0.15) is 0 Å². The zero-order valence-corrected chi connectivity index (χ0v) is 13.4. The summed E-state index contributed by atoms with van der Waals surface area (Å²) in [6, 6.07) is 3.13. The molecule has 0 amide bonds. The van der Waals surface area contributed by atoms with Crippen LogP contribution in [0, 0.1) is 6.92 Å². The lowest BCUT2D eigenvalue weighted by Crippen LogP contribution is -2.21. The Bertz CT molecular complexity index is 620. The van der Waals surface area contributed by atoms with Crippen molar-refractivity contribution >= 4 is 11.8 Å². The van der Waals surface area contributed by atoms with Gasteiger partial charge in [0.2, 0.25) is 5.16 Å². The maximum absolute atomic E-state index is 4.57. The molecule has 2 aromatic rings. The van der Waals surface area contributed by atoms with Crippen LogP contribution in [0.5, 0.6) is 0 Å². The second kappa shape index (κ2) is 6.11. The first kappa shape index (κ1) is 14.5. The van der Waals surface area contributed by atoms with Crippen molar-refractivity contribution < 1.29 is 0 Å². The standard InChI is InChI=1S/C14H20N6S/c1-9(2)15-7-11-6-10(3)13(16-8-11)21-14-17-18-19-20(14)12-4-5-12/h6,8-9,12,15H,4-5,7H2,1-3H3. The van der Waals surface area contributed by atoms with Crippen molar-refractivity contribution in [3.63, 3.8) is 0 Å². The van der Waals surface area contributed by atoms with Gasteiger partial charge in [0.05, 0.1) is 6.04 Å². The van der Waals surface area contributed by atoms with E-state index in [4.69, 9.17) is 0 Å². The molecule has 1 N–H and O–H groups in total. The lowest BCUT2D eigenvalue weighted by atomic mass is 10.2. The van der Waals surface area contributed by atoms with Gasteiger partial charge in [-0.1, -0.05) is 19.9 Å². The molecule has 112 valence electrons. The first-order valence-electron chi connectivity index (χ1n) is 7.28. The minimum atomic E-state index is 0.475. The van der Waals surface area contributed by atoms with Crippen LogP contribution in [0.1, 0.15) is 43.9 Å². The number of tetrazole rings is 1. The van der Waals surface area contributed by atoms with Gasteiger partial charge in [-0.05, 0) is 53.1 Å². The van der Waals surface area contributed by atoms with E-state index in [-0.39, 0.29) is 0 Å². The number of nitrogens with one attached hydrogen (secondary N) is 1. The van der Waals surface area contributed by atoms with E-state index in [1.165, 1.54) is 18.4 Å². The minimum Gasteiger partial charge on any atom is -0.310 e. The van der Waals surface area contributed by atoms with Gasteiger partial charge in [0, 0.05) is 18.8 Å². The Hall–Kier alpha value is -1.47. The van der Waals surface area contributed by atoms with Crippen molar-refractivity contribution in [3.8, 4) is 0 Å². The highest BCUT2D eigenvalue weighted by molar-refractivity contribution is 7.99. The van der Waals surface area contributed by atoms with Crippen molar-refractivity contribution in [1.29, 1.82) is 0 Å². The number of nitrogens with zero attached hydrogens (tertiary/aromatic N) is 5. The Labute approximate surface area is 128 Å². The lowest BCUT2D eigenvalue weighted by molar-refractivity contribution is 0.565. The second-order valence-corrected chi connectivity index (χ2v) is 6.70. The highest BCUT2D eigenvalue weighted by Crippen LogP contribution is 2.38. The largest absolute Gasteiger partial charge is 0.310 e. The molecule has 0 radical (unpaired) electrons. The number of pyridine rings is 1. The number of aromatic nitrogens is 5. The van der Waals surface area contributed by atoms with E-state index in [2.05, 4.69) is 52.7 Å². The number of rotatable bonds is 6. The second-order valence-electron chi connectivity index (χ2n) is 5.74. The molecule has 2 heterocycles. The van der Waals surface area contributed by atoms with Gasteiger partial charge in [-0.25, -0.2) is 9.67 Å². The van der Waals surface area contributed by atoms with Gasteiger partial charge in [-0.15, -0.1) is 5.10 Å². The van der Waals surface area contributed by atoms with Crippen molar-refractivity contribution in [2.24, 2.45) is 0 Å². The number of aryl methyl sites for hydroxylation is 1. The molecule has 1 saturated carbocycles. The Balaban J connectivity index is 1.72. The summed E-state index contributed by atoms with van der Waals surface area (Å²) in [7, 11) is 0. The third-order valence-corrected chi connectivity index (χ3v) is 4.42. The summed E-state index contributed by atoms with van der Waals surface area (Å²) in [4.78, 5) is 4.57. The van der Waals surface area contributed by atoms with E-state index in [9.17, 15) is 0 Å². The van der Waals surface area contributed by atoms with Crippen molar-refractivity contribution in [2.75, 3.05) is 0 Å². The fourth-order valence-electron chi connectivity index (χ4n) is 2.03. The maximum Gasteiger partial charge on any atom is 0.215 e. The number of hydrogen-bond donors (Lipinski definition) is 1. The lowest BCUT2D eigenvalue weighted by Gasteiger charge is -2.10. The summed E-state index contributed by atoms with van der Waals surface area (Å²) in [6.45, 7) is 7.21. The molecule has 1 aliphatic rings. The quantitative estimate of drug-likeness (QED) is 0.883. The van der Waals surface area contributed by atoms with E-state index >= 15 is 0 Å². The molecule has 0 spiro atoms. The molecular weight excluding hydrogens is 284 g/mol. The highest BCUT2D eigenvalue weighted by atomic mass is 32.2. The summed E-state index contributed by atoms with van der Waals surface area (Å²) >= 11 is 1.54. The molecule has 0 unspecified atom stereocenters. The maximum atomic E-state index is 4.57. The van der Waals surface area contributed by atoms with Crippen LogP contribution in [-0.2, 0) is 6.54 Å². The molecule has 6 nitrogen and oxygen atoms in total. The zero-order valence-electron chi connectivity index (χ0n) is 12.6. The summed E-state index contributed by atoms with van der Waals surface area (Å²) in [5, 5.41) is 17.2. The predicted molar refractivity (Wildman–Crippen MR) is 81.2 cm³/mol. The summed E-state index contributed by atoms with van der Waals surface area (Å²) in [5.74, 6) is 0. The monoisotopic (exact) mass is 304 g/mol. The molecule has 3 rings (SSSR count). The Morgan fingerprint density at radius 3 is 2.90 bits per heavy atom. The van der Waals surface area contributed by atoms with Crippen LogP contribution in [0.3, 0.4) is 0 Å². The fraction of sp³-hybridized carbons (Fsp3) is 0.571. The van der Waals surface area contributed by atoms with Gasteiger partial charge in [-0.3, -0.25) is 0 Å². The van der Waals surface area contributed by atoms with E-state index in [0.29, 0.717) is 12.1 Å². The van der Waals surface area contributed by atoms with Gasteiger partial charge in [0.15, 0.2) is 0 Å². The molecule has 2 aromatic heterocycles. The van der Waals surface area contributed by atoms with Crippen LogP contribution in [-0.4, -0.2) is 31.2 Å². The Kier molecular flexibility index (Phi) is 4.21. The molecule has 0 bridgehead atoms. The van der Waals surface area contributed by atoms with Crippen molar-refractivity contribution in [3.05, 3.63) is 23.4 Å². The van der Waals surface area contributed by atoms with E-state index in [1.807, 2.05) is 10.9 Å². The van der Waals surface area contributed by atoms with Gasteiger partial charge < -0.3 is 5.32 Å². The van der Waals surface area contributed by atoms with E-state index < -0.39 is 0 Å². The van der Waals surface area contributed by atoms with E-state index in [1.54, 1.807) is 11.8 Å². The van der Waals surface area contributed by atoms with Crippen LogP contribution < -0.4 is 5.32 Å². The molecule has 0 saturated heterocycles.